The van der Waals surface area contributed by atoms with Gasteiger partial charge in [0.25, 0.3) is 0 Å². The first-order chi connectivity index (χ1) is 12.7. The Morgan fingerprint density at radius 2 is 1.70 bits per heavy atom. The zero-order chi connectivity index (χ0) is 19.9. The Morgan fingerprint density at radius 1 is 1.11 bits per heavy atom. The summed E-state index contributed by atoms with van der Waals surface area (Å²) in [4.78, 5) is 4.75. The maximum Gasteiger partial charge on any atom is 0.240 e. The van der Waals surface area contributed by atoms with Crippen LogP contribution in [0.25, 0.3) is 0 Å². The van der Waals surface area contributed by atoms with E-state index < -0.39 is 16.1 Å². The van der Waals surface area contributed by atoms with E-state index in [0.717, 1.165) is 26.2 Å². The minimum Gasteiger partial charge on any atom is -0.389 e. The molecule has 0 spiro atoms. The third-order valence-corrected chi connectivity index (χ3v) is 5.89. The molecule has 1 aliphatic rings. The fraction of sp³-hybridized carbons (Fsp3) is 0.684. The van der Waals surface area contributed by atoms with Crippen LogP contribution in [0.3, 0.4) is 0 Å². The molecule has 0 aliphatic carbocycles. The molecule has 1 heterocycles. The number of aliphatic hydroxyl groups is 1. The van der Waals surface area contributed by atoms with Crippen molar-refractivity contribution in [3.63, 3.8) is 0 Å². The molecular formula is C19H33N3O4S. The summed E-state index contributed by atoms with van der Waals surface area (Å²) in [7, 11) is -3.44. The summed E-state index contributed by atoms with van der Waals surface area (Å²) in [6, 6.07) is 8.42. The average molecular weight is 400 g/mol. The predicted octanol–water partition coefficient (Wildman–Crippen LogP) is 0.759. The lowest BCUT2D eigenvalue weighted by molar-refractivity contribution is -0.0585. The van der Waals surface area contributed by atoms with Crippen molar-refractivity contribution >= 4 is 10.0 Å². The number of ether oxygens (including phenoxy) is 1. The van der Waals surface area contributed by atoms with E-state index in [1.54, 1.807) is 30.3 Å². The number of benzene rings is 1. The number of nitrogens with zero attached hydrogens (tertiary/aromatic N) is 2. The van der Waals surface area contributed by atoms with E-state index in [2.05, 4.69) is 14.5 Å². The van der Waals surface area contributed by atoms with Crippen molar-refractivity contribution in [3.05, 3.63) is 30.3 Å². The number of hydrogen-bond acceptors (Lipinski definition) is 6. The van der Waals surface area contributed by atoms with Crippen LogP contribution in [-0.4, -0.2) is 87.4 Å². The quantitative estimate of drug-likeness (QED) is 0.638. The Hall–Kier alpha value is -1.03. The van der Waals surface area contributed by atoms with Crippen LogP contribution in [0.4, 0.5) is 0 Å². The van der Waals surface area contributed by atoms with Gasteiger partial charge in [-0.25, -0.2) is 13.1 Å². The summed E-state index contributed by atoms with van der Waals surface area (Å²) in [6.07, 6.45) is -0.492. The second-order valence-corrected chi connectivity index (χ2v) is 9.70. The molecule has 0 amide bonds. The van der Waals surface area contributed by atoms with E-state index in [1.165, 1.54) is 0 Å². The van der Waals surface area contributed by atoms with Gasteiger partial charge in [-0.15, -0.1) is 0 Å². The second-order valence-electron chi connectivity index (χ2n) is 7.93. The summed E-state index contributed by atoms with van der Waals surface area (Å²) in [5.41, 5.74) is -0.243. The van der Waals surface area contributed by atoms with E-state index in [0.29, 0.717) is 31.1 Å². The van der Waals surface area contributed by atoms with Crippen LogP contribution in [0, 0.1) is 0 Å². The molecule has 1 aromatic rings. The van der Waals surface area contributed by atoms with Gasteiger partial charge in [0.15, 0.2) is 0 Å². The zero-order valence-corrected chi connectivity index (χ0v) is 17.4. The molecule has 154 valence electrons. The second kappa shape index (κ2) is 9.95. The van der Waals surface area contributed by atoms with Crippen molar-refractivity contribution in [1.29, 1.82) is 0 Å². The third kappa shape index (κ3) is 8.25. The summed E-state index contributed by atoms with van der Waals surface area (Å²) in [6.45, 7) is 11.4. The number of nitrogens with one attached hydrogen (secondary N) is 1. The van der Waals surface area contributed by atoms with Crippen LogP contribution in [0.15, 0.2) is 35.2 Å². The monoisotopic (exact) mass is 399 g/mol. The molecule has 2 N–H and O–H groups in total. The van der Waals surface area contributed by atoms with Crippen LogP contribution in [0.1, 0.15) is 20.8 Å². The molecule has 0 bridgehead atoms. The number of hydrogen-bond donors (Lipinski definition) is 2. The maximum absolute atomic E-state index is 12.2. The number of β-amino-alcohol motifs (C(OH)–C–C–N with tert-alkyl or cyclic N) is 1. The lowest BCUT2D eigenvalue weighted by Gasteiger charge is -2.35. The van der Waals surface area contributed by atoms with E-state index in [1.807, 2.05) is 20.8 Å². The minimum absolute atomic E-state index is 0.243. The van der Waals surface area contributed by atoms with Gasteiger partial charge in [0.1, 0.15) is 0 Å². The maximum atomic E-state index is 12.2. The van der Waals surface area contributed by atoms with E-state index >= 15 is 0 Å². The molecule has 0 radical (unpaired) electrons. The first kappa shape index (κ1) is 22.3. The molecule has 1 aromatic carbocycles. The van der Waals surface area contributed by atoms with Crippen molar-refractivity contribution < 1.29 is 18.3 Å². The first-order valence-electron chi connectivity index (χ1n) is 9.47. The smallest absolute Gasteiger partial charge is 0.240 e. The Morgan fingerprint density at radius 3 is 2.30 bits per heavy atom. The molecule has 1 aliphatic heterocycles. The summed E-state index contributed by atoms with van der Waals surface area (Å²) < 4.78 is 32.7. The Balaban J connectivity index is 1.65. The van der Waals surface area contributed by atoms with Gasteiger partial charge < -0.3 is 9.84 Å². The minimum atomic E-state index is -3.44. The summed E-state index contributed by atoms with van der Waals surface area (Å²) in [5, 5.41) is 10.1. The van der Waals surface area contributed by atoms with Crippen LogP contribution in [0.2, 0.25) is 0 Å². The summed E-state index contributed by atoms with van der Waals surface area (Å²) >= 11 is 0. The first-order valence-corrected chi connectivity index (χ1v) is 11.0. The summed E-state index contributed by atoms with van der Waals surface area (Å²) in [5.74, 6) is 0. The molecule has 0 aromatic heterocycles. The van der Waals surface area contributed by atoms with Gasteiger partial charge in [0.2, 0.25) is 10.0 Å². The van der Waals surface area contributed by atoms with Gasteiger partial charge in [-0.2, -0.15) is 0 Å². The van der Waals surface area contributed by atoms with Gasteiger partial charge in [0.05, 0.1) is 23.2 Å². The average Bonchev–Trinajstić information content (AvgIpc) is 2.62. The van der Waals surface area contributed by atoms with Gasteiger partial charge >= 0.3 is 0 Å². The van der Waals surface area contributed by atoms with Crippen molar-refractivity contribution in [2.75, 3.05) is 52.4 Å². The molecule has 1 atom stereocenters. The van der Waals surface area contributed by atoms with Crippen LogP contribution < -0.4 is 4.72 Å². The third-order valence-electron chi connectivity index (χ3n) is 4.42. The highest BCUT2D eigenvalue weighted by Gasteiger charge is 2.21. The normalized spacial score (nSPS) is 18.5. The van der Waals surface area contributed by atoms with Gasteiger partial charge in [-0.3, -0.25) is 9.80 Å². The molecule has 1 saturated heterocycles. The topological polar surface area (TPSA) is 82.1 Å². The number of aliphatic hydroxyl groups excluding tert-OH is 1. The highest BCUT2D eigenvalue weighted by molar-refractivity contribution is 7.89. The van der Waals surface area contributed by atoms with Crippen molar-refractivity contribution in [2.45, 2.75) is 37.4 Å². The zero-order valence-electron chi connectivity index (χ0n) is 16.6. The Labute approximate surface area is 163 Å². The molecule has 27 heavy (non-hydrogen) atoms. The fourth-order valence-electron chi connectivity index (χ4n) is 2.91. The Bertz CT molecular complexity index is 653. The van der Waals surface area contributed by atoms with E-state index in [-0.39, 0.29) is 5.60 Å². The van der Waals surface area contributed by atoms with Crippen LogP contribution in [0.5, 0.6) is 0 Å². The molecule has 1 unspecified atom stereocenters. The van der Waals surface area contributed by atoms with Crippen molar-refractivity contribution in [3.8, 4) is 0 Å². The van der Waals surface area contributed by atoms with Crippen LogP contribution in [-0.2, 0) is 14.8 Å². The number of rotatable bonds is 9. The van der Waals surface area contributed by atoms with Gasteiger partial charge in [-0.05, 0) is 32.9 Å². The van der Waals surface area contributed by atoms with Crippen molar-refractivity contribution in [1.82, 2.24) is 14.5 Å². The molecule has 2 rings (SSSR count). The SMILES string of the molecule is CC(C)(C)OCC(O)CN1CCN(CCNS(=O)(=O)c2ccccc2)CC1. The standard InChI is InChI=1S/C19H33N3O4S/c1-19(2,3)26-16-17(23)15-22-13-11-21(12-14-22)10-9-20-27(24,25)18-7-5-4-6-8-18/h4-8,17,20,23H,9-16H2,1-3H3. The lowest BCUT2D eigenvalue weighted by atomic mass is 10.2. The van der Waals surface area contributed by atoms with Crippen molar-refractivity contribution in [2.24, 2.45) is 0 Å². The van der Waals surface area contributed by atoms with Gasteiger partial charge in [0, 0.05) is 45.8 Å². The molecule has 0 saturated carbocycles. The van der Waals surface area contributed by atoms with E-state index in [9.17, 15) is 13.5 Å². The molecule has 1 fully saturated rings. The number of piperazine rings is 1. The van der Waals surface area contributed by atoms with Crippen LogP contribution >= 0.6 is 0 Å². The number of sulfonamides is 1. The molecule has 8 heteroatoms. The highest BCUT2D eigenvalue weighted by atomic mass is 32.2. The Kier molecular flexibility index (Phi) is 8.20. The molecule has 7 nitrogen and oxygen atoms in total. The highest BCUT2D eigenvalue weighted by Crippen LogP contribution is 2.09. The van der Waals surface area contributed by atoms with Gasteiger partial charge in [-0.1, -0.05) is 18.2 Å². The molecular weight excluding hydrogens is 366 g/mol. The predicted molar refractivity (Wildman–Crippen MR) is 106 cm³/mol. The van der Waals surface area contributed by atoms with E-state index in [4.69, 9.17) is 4.74 Å². The largest absolute Gasteiger partial charge is 0.389 e. The fourth-order valence-corrected chi connectivity index (χ4v) is 3.96. The lowest BCUT2D eigenvalue weighted by Crippen LogP contribution is -2.50.